The van der Waals surface area contributed by atoms with E-state index in [1.807, 2.05) is 0 Å². The zero-order valence-electron chi connectivity index (χ0n) is 5.13. The Morgan fingerprint density at radius 1 is 1.44 bits per heavy atom. The lowest BCUT2D eigenvalue weighted by Crippen LogP contribution is -2.25. The van der Waals surface area contributed by atoms with Crippen molar-refractivity contribution in [1.29, 1.82) is 5.26 Å². The highest BCUT2D eigenvalue weighted by Crippen LogP contribution is 2.06. The minimum Gasteiger partial charge on any atom is -0.330 e. The van der Waals surface area contributed by atoms with Crippen molar-refractivity contribution in [2.45, 2.75) is 12.8 Å². The fourth-order valence-electron chi connectivity index (χ4n) is 0.991. The van der Waals surface area contributed by atoms with Crippen LogP contribution in [0.2, 0.25) is 0 Å². The first kappa shape index (κ1) is 6.09. The molecule has 1 fully saturated rings. The maximum absolute atomic E-state index is 10.6. The molecule has 0 aromatic heterocycles. The topological polar surface area (TPSA) is 44.1 Å². The van der Waals surface area contributed by atoms with Crippen LogP contribution in [-0.4, -0.2) is 23.9 Å². The predicted octanol–water partition coefficient (Wildman–Crippen LogP) is 0.132. The molecule has 1 rings (SSSR count). The monoisotopic (exact) mass is 124 g/mol. The summed E-state index contributed by atoms with van der Waals surface area (Å²) < 4.78 is 0. The molecule has 9 heavy (non-hydrogen) atoms. The smallest absolute Gasteiger partial charge is 0.324 e. The number of carbonyl (C=O) groups is 1. The van der Waals surface area contributed by atoms with Crippen molar-refractivity contribution in [1.82, 2.24) is 4.90 Å². The van der Waals surface area contributed by atoms with Crippen LogP contribution in [0.1, 0.15) is 12.8 Å². The lowest BCUT2D eigenvalue weighted by atomic mass is 10.4. The SMILES string of the molecule is N#CC(=O)N1CCCC1. The summed E-state index contributed by atoms with van der Waals surface area (Å²) in [6.07, 6.45) is 2.10. The van der Waals surface area contributed by atoms with Gasteiger partial charge in [-0.15, -0.1) is 0 Å². The molecule has 0 saturated carbocycles. The van der Waals surface area contributed by atoms with E-state index in [-0.39, 0.29) is 5.91 Å². The number of nitrogens with zero attached hydrogens (tertiary/aromatic N) is 2. The van der Waals surface area contributed by atoms with Gasteiger partial charge in [0.2, 0.25) is 0 Å². The second kappa shape index (κ2) is 2.49. The molecule has 0 aromatic rings. The maximum atomic E-state index is 10.6. The first-order valence-electron chi connectivity index (χ1n) is 3.03. The largest absolute Gasteiger partial charge is 0.330 e. The van der Waals surface area contributed by atoms with Crippen LogP contribution in [0.4, 0.5) is 0 Å². The van der Waals surface area contributed by atoms with E-state index in [1.165, 1.54) is 0 Å². The van der Waals surface area contributed by atoms with Crippen molar-refractivity contribution in [2.24, 2.45) is 0 Å². The van der Waals surface area contributed by atoms with Gasteiger partial charge in [0.05, 0.1) is 0 Å². The van der Waals surface area contributed by atoms with E-state index >= 15 is 0 Å². The molecule has 0 unspecified atom stereocenters. The van der Waals surface area contributed by atoms with Gasteiger partial charge in [-0.25, -0.2) is 0 Å². The van der Waals surface area contributed by atoms with E-state index in [9.17, 15) is 4.79 Å². The third-order valence-corrected chi connectivity index (χ3v) is 1.49. The molecule has 1 saturated heterocycles. The summed E-state index contributed by atoms with van der Waals surface area (Å²) in [4.78, 5) is 12.2. The molecule has 0 bridgehead atoms. The highest BCUT2D eigenvalue weighted by Gasteiger charge is 2.16. The minimum atomic E-state index is -0.382. The molecule has 1 heterocycles. The second-order valence-electron chi connectivity index (χ2n) is 2.11. The van der Waals surface area contributed by atoms with Gasteiger partial charge in [0.1, 0.15) is 0 Å². The van der Waals surface area contributed by atoms with Gasteiger partial charge in [-0.05, 0) is 12.8 Å². The number of carbonyl (C=O) groups excluding carboxylic acids is 1. The number of nitriles is 1. The second-order valence-corrected chi connectivity index (χ2v) is 2.11. The lowest BCUT2D eigenvalue weighted by Gasteiger charge is -2.07. The Labute approximate surface area is 53.9 Å². The summed E-state index contributed by atoms with van der Waals surface area (Å²) in [5.41, 5.74) is 0. The summed E-state index contributed by atoms with van der Waals surface area (Å²) >= 11 is 0. The lowest BCUT2D eigenvalue weighted by molar-refractivity contribution is -0.124. The molecule has 48 valence electrons. The van der Waals surface area contributed by atoms with Crippen molar-refractivity contribution >= 4 is 5.91 Å². The average Bonchev–Trinajstić information content (AvgIpc) is 2.37. The van der Waals surface area contributed by atoms with Gasteiger partial charge in [-0.2, -0.15) is 5.26 Å². The molecular formula is C6H8N2O. The highest BCUT2D eigenvalue weighted by molar-refractivity contribution is 5.91. The molecule has 0 radical (unpaired) electrons. The Bertz CT molecular complexity index is 153. The van der Waals surface area contributed by atoms with Crippen molar-refractivity contribution < 1.29 is 4.79 Å². The maximum Gasteiger partial charge on any atom is 0.324 e. The zero-order chi connectivity index (χ0) is 6.69. The van der Waals surface area contributed by atoms with Gasteiger partial charge in [0, 0.05) is 13.1 Å². The minimum absolute atomic E-state index is 0.382. The van der Waals surface area contributed by atoms with Crippen LogP contribution in [0.15, 0.2) is 0 Å². The summed E-state index contributed by atoms with van der Waals surface area (Å²) in [7, 11) is 0. The fourth-order valence-corrected chi connectivity index (χ4v) is 0.991. The van der Waals surface area contributed by atoms with Crippen molar-refractivity contribution in [3.8, 4) is 6.07 Å². The summed E-state index contributed by atoms with van der Waals surface area (Å²) in [5.74, 6) is -0.382. The molecule has 3 heteroatoms. The van der Waals surface area contributed by atoms with Crippen LogP contribution >= 0.6 is 0 Å². The molecule has 0 spiro atoms. The van der Waals surface area contributed by atoms with Gasteiger partial charge in [-0.3, -0.25) is 4.79 Å². The molecule has 0 aliphatic carbocycles. The zero-order valence-corrected chi connectivity index (χ0v) is 5.13. The molecule has 1 aliphatic heterocycles. The molecule has 1 aliphatic rings. The quantitative estimate of drug-likeness (QED) is 0.431. The van der Waals surface area contributed by atoms with Crippen LogP contribution in [0.3, 0.4) is 0 Å². The number of amides is 1. The van der Waals surface area contributed by atoms with Crippen LogP contribution < -0.4 is 0 Å². The molecule has 3 nitrogen and oxygen atoms in total. The number of hydrogen-bond acceptors (Lipinski definition) is 2. The van der Waals surface area contributed by atoms with Crippen molar-refractivity contribution in [3.63, 3.8) is 0 Å². The van der Waals surface area contributed by atoms with Gasteiger partial charge >= 0.3 is 5.91 Å². The highest BCUT2D eigenvalue weighted by atomic mass is 16.2. The molecule has 0 aromatic carbocycles. The van der Waals surface area contributed by atoms with Crippen LogP contribution in [0, 0.1) is 11.3 Å². The van der Waals surface area contributed by atoms with Crippen LogP contribution in [0.25, 0.3) is 0 Å². The molecule has 0 atom stereocenters. The van der Waals surface area contributed by atoms with E-state index in [4.69, 9.17) is 5.26 Å². The number of hydrogen-bond donors (Lipinski definition) is 0. The summed E-state index contributed by atoms with van der Waals surface area (Å²) in [5, 5.41) is 8.15. The van der Waals surface area contributed by atoms with Gasteiger partial charge in [0.25, 0.3) is 0 Å². The van der Waals surface area contributed by atoms with E-state index in [2.05, 4.69) is 0 Å². The Morgan fingerprint density at radius 3 is 2.44 bits per heavy atom. The van der Waals surface area contributed by atoms with E-state index in [1.54, 1.807) is 11.0 Å². The molecule has 0 N–H and O–H groups in total. The van der Waals surface area contributed by atoms with Crippen LogP contribution in [0.5, 0.6) is 0 Å². The Balaban J connectivity index is 2.44. The summed E-state index contributed by atoms with van der Waals surface area (Å²) in [6, 6.07) is 1.59. The van der Waals surface area contributed by atoms with Crippen LogP contribution in [-0.2, 0) is 4.79 Å². The van der Waals surface area contributed by atoms with E-state index in [0.717, 1.165) is 25.9 Å². The third kappa shape index (κ3) is 1.20. The summed E-state index contributed by atoms with van der Waals surface area (Å²) in [6.45, 7) is 1.54. The van der Waals surface area contributed by atoms with E-state index < -0.39 is 0 Å². The van der Waals surface area contributed by atoms with Gasteiger partial charge < -0.3 is 4.90 Å². The Hall–Kier alpha value is -1.04. The predicted molar refractivity (Wildman–Crippen MR) is 31.4 cm³/mol. The third-order valence-electron chi connectivity index (χ3n) is 1.49. The Morgan fingerprint density at radius 2 is 2.00 bits per heavy atom. The number of likely N-dealkylation sites (tertiary alicyclic amines) is 1. The fraction of sp³-hybridized carbons (Fsp3) is 0.667. The average molecular weight is 124 g/mol. The van der Waals surface area contributed by atoms with Crippen molar-refractivity contribution in [2.75, 3.05) is 13.1 Å². The first-order valence-corrected chi connectivity index (χ1v) is 3.03. The molecular weight excluding hydrogens is 116 g/mol. The van der Waals surface area contributed by atoms with Crippen molar-refractivity contribution in [3.05, 3.63) is 0 Å². The number of rotatable bonds is 0. The van der Waals surface area contributed by atoms with E-state index in [0.29, 0.717) is 0 Å². The molecule has 1 amide bonds. The normalized spacial score (nSPS) is 17.4. The van der Waals surface area contributed by atoms with Gasteiger partial charge in [-0.1, -0.05) is 0 Å². The Kier molecular flexibility index (Phi) is 1.69. The first-order chi connectivity index (χ1) is 4.34. The standard InChI is InChI=1S/C6H8N2O/c7-5-6(9)8-3-1-2-4-8/h1-4H2. The van der Waals surface area contributed by atoms with Gasteiger partial charge in [0.15, 0.2) is 6.07 Å².